The van der Waals surface area contributed by atoms with Gasteiger partial charge in [-0.25, -0.2) is 9.97 Å². The highest BCUT2D eigenvalue weighted by atomic mass is 16.5. The van der Waals surface area contributed by atoms with Crippen LogP contribution >= 0.6 is 0 Å². The second-order valence-corrected chi connectivity index (χ2v) is 7.39. The van der Waals surface area contributed by atoms with Crippen LogP contribution in [0.3, 0.4) is 0 Å². The Balaban J connectivity index is 1.45. The summed E-state index contributed by atoms with van der Waals surface area (Å²) in [5.41, 5.74) is 3.76. The van der Waals surface area contributed by atoms with Crippen LogP contribution in [0, 0.1) is 0 Å². The summed E-state index contributed by atoms with van der Waals surface area (Å²) < 4.78 is 6.06. The Morgan fingerprint density at radius 2 is 2.07 bits per heavy atom. The normalized spacial score (nSPS) is 20.2. The van der Waals surface area contributed by atoms with Gasteiger partial charge in [-0.15, -0.1) is 0 Å². The van der Waals surface area contributed by atoms with Gasteiger partial charge in [-0.3, -0.25) is 9.99 Å². The lowest BCUT2D eigenvalue weighted by molar-refractivity contribution is 0.155. The van der Waals surface area contributed by atoms with Gasteiger partial charge in [0.25, 0.3) is 0 Å². The van der Waals surface area contributed by atoms with Crippen LogP contribution in [0.25, 0.3) is 22.3 Å². The van der Waals surface area contributed by atoms with E-state index in [0.29, 0.717) is 5.88 Å². The maximum absolute atomic E-state index is 6.06. The SMILES string of the molecule is CN1CC(c2cnc3[nH]cc(-c4cncc(OC5CCNCC5)n4)c3c2)C=N1. The maximum Gasteiger partial charge on any atom is 0.233 e. The number of fused-ring (bicyclic) bond motifs is 1. The van der Waals surface area contributed by atoms with E-state index >= 15 is 0 Å². The van der Waals surface area contributed by atoms with E-state index in [4.69, 9.17) is 9.72 Å². The summed E-state index contributed by atoms with van der Waals surface area (Å²) in [6.45, 7) is 2.83. The first-order valence-electron chi connectivity index (χ1n) is 9.68. The van der Waals surface area contributed by atoms with E-state index in [1.807, 2.05) is 30.7 Å². The van der Waals surface area contributed by atoms with Crippen LogP contribution in [0.4, 0.5) is 0 Å². The summed E-state index contributed by atoms with van der Waals surface area (Å²) in [7, 11) is 1.98. The predicted octanol–water partition coefficient (Wildman–Crippen LogP) is 2.17. The number of H-pyrrole nitrogens is 1. The number of nitrogens with one attached hydrogen (secondary N) is 2. The number of aromatic amines is 1. The Morgan fingerprint density at radius 1 is 1.18 bits per heavy atom. The zero-order chi connectivity index (χ0) is 18.9. The largest absolute Gasteiger partial charge is 0.473 e. The average Bonchev–Trinajstić information content (AvgIpc) is 3.35. The second kappa shape index (κ2) is 7.20. The lowest BCUT2D eigenvalue weighted by atomic mass is 10.0. The molecule has 1 atom stereocenters. The van der Waals surface area contributed by atoms with E-state index in [1.165, 1.54) is 0 Å². The Labute approximate surface area is 163 Å². The molecule has 2 aliphatic heterocycles. The van der Waals surface area contributed by atoms with E-state index < -0.39 is 0 Å². The van der Waals surface area contributed by atoms with Crippen molar-refractivity contribution >= 4 is 17.2 Å². The third-order valence-electron chi connectivity index (χ3n) is 5.35. The number of likely N-dealkylation sites (N-methyl/N-ethyl adjacent to an activating group) is 1. The van der Waals surface area contributed by atoms with Gasteiger partial charge in [-0.05, 0) is 37.6 Å². The zero-order valence-corrected chi connectivity index (χ0v) is 15.8. The number of hydrazone groups is 1. The number of hydrogen-bond donors (Lipinski definition) is 2. The smallest absolute Gasteiger partial charge is 0.233 e. The van der Waals surface area contributed by atoms with Crippen molar-refractivity contribution < 1.29 is 4.74 Å². The predicted molar refractivity (Wildman–Crippen MR) is 108 cm³/mol. The monoisotopic (exact) mass is 377 g/mol. The van der Waals surface area contributed by atoms with Crippen LogP contribution in [-0.4, -0.2) is 63.9 Å². The Kier molecular flexibility index (Phi) is 4.40. The summed E-state index contributed by atoms with van der Waals surface area (Å²) in [5.74, 6) is 0.831. The van der Waals surface area contributed by atoms with Crippen LogP contribution in [0.5, 0.6) is 5.88 Å². The van der Waals surface area contributed by atoms with Crippen molar-refractivity contribution in [3.8, 4) is 17.1 Å². The minimum atomic E-state index is 0.195. The summed E-state index contributed by atoms with van der Waals surface area (Å²) in [5, 5.41) is 10.7. The maximum atomic E-state index is 6.06. The lowest BCUT2D eigenvalue weighted by Gasteiger charge is -2.23. The quantitative estimate of drug-likeness (QED) is 0.724. The summed E-state index contributed by atoms with van der Waals surface area (Å²) in [6, 6.07) is 2.17. The summed E-state index contributed by atoms with van der Waals surface area (Å²) in [6.07, 6.45) is 11.5. The molecule has 144 valence electrons. The number of rotatable bonds is 4. The topological polar surface area (TPSA) is 91.3 Å². The standard InChI is InChI=1S/C20H23N7O/c1-27-12-14(8-25-27)13-6-16-17(9-24-20(16)23-7-13)18-10-22-11-19(26-18)28-15-2-4-21-5-3-15/h6-11,14-15,21H,2-5,12H2,1H3,(H,23,24). The molecule has 2 N–H and O–H groups in total. The number of ether oxygens (including phenoxy) is 1. The van der Waals surface area contributed by atoms with Gasteiger partial charge in [-0.2, -0.15) is 5.10 Å². The number of aromatic nitrogens is 4. The minimum Gasteiger partial charge on any atom is -0.473 e. The van der Waals surface area contributed by atoms with Gasteiger partial charge >= 0.3 is 0 Å². The van der Waals surface area contributed by atoms with Gasteiger partial charge in [0.1, 0.15) is 11.8 Å². The molecule has 3 aromatic heterocycles. The van der Waals surface area contributed by atoms with E-state index in [2.05, 4.69) is 31.4 Å². The first-order valence-corrected chi connectivity index (χ1v) is 9.68. The van der Waals surface area contributed by atoms with Crippen molar-refractivity contribution in [1.82, 2.24) is 30.3 Å². The Bertz CT molecular complexity index is 1010. The molecule has 8 heteroatoms. The van der Waals surface area contributed by atoms with Crippen molar-refractivity contribution in [1.29, 1.82) is 0 Å². The van der Waals surface area contributed by atoms with Gasteiger partial charge in [0.15, 0.2) is 0 Å². The molecule has 0 saturated carbocycles. The van der Waals surface area contributed by atoms with Gasteiger partial charge in [0.2, 0.25) is 5.88 Å². The third-order valence-corrected chi connectivity index (χ3v) is 5.35. The van der Waals surface area contributed by atoms with Gasteiger partial charge in [-0.1, -0.05) is 0 Å². The van der Waals surface area contributed by atoms with Gasteiger partial charge in [0, 0.05) is 49.1 Å². The van der Waals surface area contributed by atoms with E-state index in [9.17, 15) is 0 Å². The van der Waals surface area contributed by atoms with Crippen LogP contribution in [-0.2, 0) is 0 Å². The van der Waals surface area contributed by atoms with Crippen LogP contribution in [0.1, 0.15) is 24.3 Å². The van der Waals surface area contributed by atoms with E-state index in [0.717, 1.165) is 60.3 Å². The molecule has 5 heterocycles. The molecule has 1 fully saturated rings. The number of hydrogen-bond acceptors (Lipinski definition) is 7. The fourth-order valence-electron chi connectivity index (χ4n) is 3.82. The van der Waals surface area contributed by atoms with Crippen molar-refractivity contribution in [2.24, 2.45) is 5.10 Å². The molecule has 0 aliphatic carbocycles. The van der Waals surface area contributed by atoms with E-state index in [-0.39, 0.29) is 12.0 Å². The fourth-order valence-corrected chi connectivity index (χ4v) is 3.82. The molecule has 0 spiro atoms. The molecule has 1 saturated heterocycles. The molecule has 1 unspecified atom stereocenters. The molecule has 5 rings (SSSR count). The Morgan fingerprint density at radius 3 is 2.89 bits per heavy atom. The first kappa shape index (κ1) is 17.1. The van der Waals surface area contributed by atoms with Gasteiger partial charge in [0.05, 0.1) is 18.1 Å². The average molecular weight is 377 g/mol. The molecular weight excluding hydrogens is 354 g/mol. The third kappa shape index (κ3) is 3.31. The molecule has 0 bridgehead atoms. The molecule has 2 aliphatic rings. The van der Waals surface area contributed by atoms with Crippen molar-refractivity contribution in [2.45, 2.75) is 24.9 Å². The van der Waals surface area contributed by atoms with E-state index in [1.54, 1.807) is 12.4 Å². The molecule has 0 amide bonds. The molecule has 8 nitrogen and oxygen atoms in total. The summed E-state index contributed by atoms with van der Waals surface area (Å²) >= 11 is 0. The fraction of sp³-hybridized carbons (Fsp3) is 0.400. The summed E-state index contributed by atoms with van der Waals surface area (Å²) in [4.78, 5) is 16.9. The van der Waals surface area contributed by atoms with Crippen molar-refractivity contribution in [2.75, 3.05) is 26.7 Å². The highest BCUT2D eigenvalue weighted by molar-refractivity contribution is 5.93. The molecule has 28 heavy (non-hydrogen) atoms. The molecule has 3 aromatic rings. The zero-order valence-electron chi connectivity index (χ0n) is 15.8. The highest BCUT2D eigenvalue weighted by Crippen LogP contribution is 2.30. The van der Waals surface area contributed by atoms with Crippen molar-refractivity contribution in [3.63, 3.8) is 0 Å². The van der Waals surface area contributed by atoms with Crippen LogP contribution < -0.4 is 10.1 Å². The number of nitrogens with zero attached hydrogens (tertiary/aromatic N) is 5. The van der Waals surface area contributed by atoms with Crippen molar-refractivity contribution in [3.05, 3.63) is 36.4 Å². The highest BCUT2D eigenvalue weighted by Gasteiger charge is 2.20. The minimum absolute atomic E-state index is 0.195. The number of piperidine rings is 1. The van der Waals surface area contributed by atoms with Gasteiger partial charge < -0.3 is 15.0 Å². The van der Waals surface area contributed by atoms with Crippen LogP contribution in [0.2, 0.25) is 0 Å². The first-order chi connectivity index (χ1) is 13.8. The molecule has 0 aromatic carbocycles. The Hall–Kier alpha value is -3.00. The lowest BCUT2D eigenvalue weighted by Crippen LogP contribution is -2.34. The number of pyridine rings is 1. The van der Waals surface area contributed by atoms with Crippen LogP contribution in [0.15, 0.2) is 36.0 Å². The molecular formula is C20H23N7O. The second-order valence-electron chi connectivity index (χ2n) is 7.39. The molecule has 0 radical (unpaired) electrons.